The second kappa shape index (κ2) is 8.73. The number of piperidine rings is 1. The van der Waals surface area contributed by atoms with E-state index in [0.717, 1.165) is 5.75 Å². The number of hydrogen-bond donors (Lipinski definition) is 0. The first kappa shape index (κ1) is 20.2. The summed E-state index contributed by atoms with van der Waals surface area (Å²) in [7, 11) is 1.78. The Morgan fingerprint density at radius 3 is 2.43 bits per heavy atom. The molecule has 1 saturated heterocycles. The van der Waals surface area contributed by atoms with Gasteiger partial charge in [-0.2, -0.15) is 0 Å². The number of benzene rings is 2. The van der Waals surface area contributed by atoms with Crippen molar-refractivity contribution in [1.82, 2.24) is 9.80 Å². The monoisotopic (exact) mass is 412 g/mol. The highest BCUT2D eigenvalue weighted by Crippen LogP contribution is 2.31. The normalized spacial score (nSPS) is 18.7. The van der Waals surface area contributed by atoms with Gasteiger partial charge in [-0.3, -0.25) is 9.59 Å². The van der Waals surface area contributed by atoms with Gasteiger partial charge in [-0.1, -0.05) is 12.1 Å². The first-order valence-electron chi connectivity index (χ1n) is 10.2. The van der Waals surface area contributed by atoms with Gasteiger partial charge in [0, 0.05) is 31.6 Å². The van der Waals surface area contributed by atoms with Crippen molar-refractivity contribution in [2.24, 2.45) is 5.92 Å². The van der Waals surface area contributed by atoms with Crippen LogP contribution in [0, 0.1) is 11.7 Å². The molecule has 1 atom stereocenters. The third-order valence-corrected chi connectivity index (χ3v) is 5.64. The molecule has 7 heteroatoms. The zero-order valence-corrected chi connectivity index (χ0v) is 16.9. The molecule has 0 radical (unpaired) electrons. The Bertz CT molecular complexity index is 910. The molecule has 0 bridgehead atoms. The van der Waals surface area contributed by atoms with Gasteiger partial charge < -0.3 is 19.3 Å². The average molecular weight is 412 g/mol. The predicted octanol–water partition coefficient (Wildman–Crippen LogP) is 2.98. The van der Waals surface area contributed by atoms with Gasteiger partial charge in [0.1, 0.15) is 12.4 Å². The Morgan fingerprint density at radius 2 is 1.73 bits per heavy atom. The molecule has 30 heavy (non-hydrogen) atoms. The molecular formula is C23H25FN2O4. The Labute approximate surface area is 175 Å². The van der Waals surface area contributed by atoms with E-state index < -0.39 is 0 Å². The fraction of sp³-hybridized carbons (Fsp3) is 0.391. The third-order valence-electron chi connectivity index (χ3n) is 5.64. The van der Waals surface area contributed by atoms with E-state index >= 15 is 0 Å². The van der Waals surface area contributed by atoms with Crippen LogP contribution in [-0.4, -0.2) is 61.0 Å². The Hall–Kier alpha value is -3.09. The van der Waals surface area contributed by atoms with Crippen molar-refractivity contribution in [3.05, 3.63) is 59.9 Å². The molecular weight excluding hydrogens is 387 g/mol. The quantitative estimate of drug-likeness (QED) is 0.775. The van der Waals surface area contributed by atoms with E-state index in [1.54, 1.807) is 16.8 Å². The molecule has 0 N–H and O–H groups in total. The number of carbonyl (C=O) groups is 2. The molecule has 0 spiro atoms. The van der Waals surface area contributed by atoms with Gasteiger partial charge >= 0.3 is 0 Å². The van der Waals surface area contributed by atoms with E-state index in [-0.39, 0.29) is 29.7 Å². The minimum atomic E-state index is -0.366. The predicted molar refractivity (Wildman–Crippen MR) is 109 cm³/mol. The van der Waals surface area contributed by atoms with Crippen molar-refractivity contribution in [1.29, 1.82) is 0 Å². The first-order chi connectivity index (χ1) is 14.5. The van der Waals surface area contributed by atoms with Crippen LogP contribution in [-0.2, 0) is 4.79 Å². The number of ether oxygens (including phenoxy) is 2. The number of fused-ring (bicyclic) bond motifs is 1. The summed E-state index contributed by atoms with van der Waals surface area (Å²) in [4.78, 5) is 28.9. The molecule has 2 amide bonds. The molecule has 0 saturated carbocycles. The zero-order chi connectivity index (χ0) is 21.1. The number of halogens is 1. The highest BCUT2D eigenvalue weighted by atomic mass is 19.1. The van der Waals surface area contributed by atoms with Crippen molar-refractivity contribution in [2.45, 2.75) is 18.9 Å². The smallest absolute Gasteiger partial charge is 0.253 e. The van der Waals surface area contributed by atoms with Gasteiger partial charge in [0.2, 0.25) is 5.91 Å². The maximum absolute atomic E-state index is 13.1. The van der Waals surface area contributed by atoms with Crippen LogP contribution < -0.4 is 9.47 Å². The third kappa shape index (κ3) is 4.40. The molecule has 2 heterocycles. The minimum absolute atomic E-state index is 0.0614. The number of para-hydroxylation sites is 2. The number of carbonyl (C=O) groups excluding carboxylic acids is 2. The van der Waals surface area contributed by atoms with Crippen molar-refractivity contribution in [2.75, 3.05) is 33.3 Å². The largest absolute Gasteiger partial charge is 0.486 e. The topological polar surface area (TPSA) is 59.1 Å². The number of nitrogens with zero attached hydrogens (tertiary/aromatic N) is 2. The summed E-state index contributed by atoms with van der Waals surface area (Å²) in [5, 5.41) is 0. The van der Waals surface area contributed by atoms with Crippen molar-refractivity contribution >= 4 is 11.8 Å². The van der Waals surface area contributed by atoms with E-state index in [1.165, 1.54) is 24.3 Å². The zero-order valence-electron chi connectivity index (χ0n) is 16.9. The second-order valence-corrected chi connectivity index (χ2v) is 7.79. The Morgan fingerprint density at radius 1 is 1.07 bits per heavy atom. The number of likely N-dealkylation sites (tertiary alicyclic amines) is 1. The van der Waals surface area contributed by atoms with Crippen molar-refractivity contribution < 1.29 is 23.5 Å². The van der Waals surface area contributed by atoms with Crippen LogP contribution in [0.15, 0.2) is 48.5 Å². The van der Waals surface area contributed by atoms with Crippen molar-refractivity contribution in [3.8, 4) is 11.5 Å². The summed E-state index contributed by atoms with van der Waals surface area (Å²) in [5.41, 5.74) is 0.466. The highest BCUT2D eigenvalue weighted by Gasteiger charge is 2.31. The summed E-state index contributed by atoms with van der Waals surface area (Å²) < 4.78 is 24.7. The standard InChI is InChI=1S/C23H25FN2O4/c1-25(14-19-15-29-20-4-2-3-5-21(20)30-19)22(27)17-10-12-26(13-11-17)23(28)16-6-8-18(24)9-7-16/h2-9,17,19H,10-15H2,1H3/t19-/m1/s1. The molecule has 2 aliphatic rings. The summed E-state index contributed by atoms with van der Waals surface area (Å²) in [6.07, 6.45) is 1.01. The number of likely N-dealkylation sites (N-methyl/N-ethyl adjacent to an activating group) is 1. The molecule has 0 aromatic heterocycles. The summed E-state index contributed by atoms with van der Waals surface area (Å²) in [6.45, 7) is 1.87. The number of hydrogen-bond acceptors (Lipinski definition) is 4. The van der Waals surface area contributed by atoms with Crippen LogP contribution in [0.25, 0.3) is 0 Å². The molecule has 4 rings (SSSR count). The van der Waals surface area contributed by atoms with Crippen LogP contribution >= 0.6 is 0 Å². The van der Waals surface area contributed by atoms with E-state index in [1.807, 2.05) is 24.3 Å². The molecule has 2 aliphatic heterocycles. The van der Waals surface area contributed by atoms with E-state index in [0.29, 0.717) is 50.4 Å². The fourth-order valence-electron chi connectivity index (χ4n) is 3.96. The van der Waals surface area contributed by atoms with E-state index in [9.17, 15) is 14.0 Å². The summed E-state index contributed by atoms with van der Waals surface area (Å²) in [5.74, 6) is 0.869. The van der Waals surface area contributed by atoms with Gasteiger partial charge in [0.15, 0.2) is 17.6 Å². The van der Waals surface area contributed by atoms with E-state index in [4.69, 9.17) is 9.47 Å². The van der Waals surface area contributed by atoms with Crippen LogP contribution in [0.2, 0.25) is 0 Å². The lowest BCUT2D eigenvalue weighted by molar-refractivity contribution is -0.137. The van der Waals surface area contributed by atoms with Crippen LogP contribution in [0.1, 0.15) is 23.2 Å². The van der Waals surface area contributed by atoms with Gasteiger partial charge in [-0.05, 0) is 49.2 Å². The van der Waals surface area contributed by atoms with E-state index in [2.05, 4.69) is 0 Å². The fourth-order valence-corrected chi connectivity index (χ4v) is 3.96. The molecule has 0 aliphatic carbocycles. The second-order valence-electron chi connectivity index (χ2n) is 7.79. The Kier molecular flexibility index (Phi) is 5.88. The molecule has 158 valence electrons. The van der Waals surface area contributed by atoms with Crippen LogP contribution in [0.4, 0.5) is 4.39 Å². The number of amides is 2. The molecule has 6 nitrogen and oxygen atoms in total. The van der Waals surface area contributed by atoms with Crippen molar-refractivity contribution in [3.63, 3.8) is 0 Å². The minimum Gasteiger partial charge on any atom is -0.486 e. The van der Waals surface area contributed by atoms with Crippen LogP contribution in [0.5, 0.6) is 11.5 Å². The molecule has 2 aromatic rings. The summed E-state index contributed by atoms with van der Waals surface area (Å²) >= 11 is 0. The maximum atomic E-state index is 13.1. The van der Waals surface area contributed by atoms with Gasteiger partial charge in [0.05, 0.1) is 6.54 Å². The highest BCUT2D eigenvalue weighted by molar-refractivity contribution is 5.94. The SMILES string of the molecule is CN(C[C@@H]1COc2ccccc2O1)C(=O)C1CCN(C(=O)c2ccc(F)cc2)CC1. The van der Waals surface area contributed by atoms with Gasteiger partial charge in [0.25, 0.3) is 5.91 Å². The molecule has 1 fully saturated rings. The molecule has 2 aromatic carbocycles. The lowest BCUT2D eigenvalue weighted by atomic mass is 9.94. The first-order valence-corrected chi connectivity index (χ1v) is 10.2. The summed E-state index contributed by atoms with van der Waals surface area (Å²) in [6, 6.07) is 13.1. The van der Waals surface area contributed by atoms with Gasteiger partial charge in [-0.25, -0.2) is 4.39 Å². The van der Waals surface area contributed by atoms with Gasteiger partial charge in [-0.15, -0.1) is 0 Å². The van der Waals surface area contributed by atoms with Crippen LogP contribution in [0.3, 0.4) is 0 Å². The Balaban J connectivity index is 1.28. The average Bonchev–Trinajstić information content (AvgIpc) is 2.78. The number of rotatable bonds is 4. The lowest BCUT2D eigenvalue weighted by Gasteiger charge is -2.35. The lowest BCUT2D eigenvalue weighted by Crippen LogP contribution is -2.47. The maximum Gasteiger partial charge on any atom is 0.253 e. The molecule has 0 unspecified atom stereocenters.